The summed E-state index contributed by atoms with van der Waals surface area (Å²) in [5.41, 5.74) is 3.29. The van der Waals surface area contributed by atoms with E-state index in [4.69, 9.17) is 0 Å². The third kappa shape index (κ3) is 7.46. The van der Waals surface area contributed by atoms with Crippen LogP contribution >= 0.6 is 11.8 Å². The van der Waals surface area contributed by atoms with E-state index in [0.717, 1.165) is 16.8 Å². The maximum absolute atomic E-state index is 12.0. The molecule has 0 heterocycles. The highest BCUT2D eigenvalue weighted by atomic mass is 32.2. The number of hydrogen-bond acceptors (Lipinski definition) is 6. The lowest BCUT2D eigenvalue weighted by molar-refractivity contribution is -0.384. The number of rotatable bonds is 10. The van der Waals surface area contributed by atoms with Crippen LogP contribution in [-0.2, 0) is 9.59 Å². The number of nitro groups is 1. The second kappa shape index (κ2) is 11.1. The maximum atomic E-state index is 12.0. The Kier molecular flexibility index (Phi) is 8.47. The fraction of sp³-hybridized carbons (Fsp3) is 0.300. The number of carbonyl (C=O) groups excluding carboxylic acids is 2. The van der Waals surface area contributed by atoms with Gasteiger partial charge in [0.1, 0.15) is 5.69 Å². The van der Waals surface area contributed by atoms with Crippen LogP contribution in [0, 0.1) is 24.0 Å². The van der Waals surface area contributed by atoms with Crippen LogP contribution in [-0.4, -0.2) is 41.3 Å². The molecule has 0 spiro atoms. The van der Waals surface area contributed by atoms with Crippen LogP contribution in [0.3, 0.4) is 0 Å². The van der Waals surface area contributed by atoms with E-state index in [0.29, 0.717) is 18.8 Å². The van der Waals surface area contributed by atoms with Gasteiger partial charge in [0, 0.05) is 24.8 Å². The zero-order chi connectivity index (χ0) is 21.2. The van der Waals surface area contributed by atoms with Gasteiger partial charge >= 0.3 is 0 Å². The number of nitrogens with zero attached hydrogens (tertiary/aromatic N) is 1. The number of anilines is 2. The molecule has 0 unspecified atom stereocenters. The quantitative estimate of drug-likeness (QED) is 0.312. The largest absolute Gasteiger partial charge is 0.378 e. The van der Waals surface area contributed by atoms with Gasteiger partial charge in [-0.2, -0.15) is 0 Å². The van der Waals surface area contributed by atoms with Gasteiger partial charge in [-0.05, 0) is 31.5 Å². The van der Waals surface area contributed by atoms with Crippen LogP contribution in [0.4, 0.5) is 17.1 Å². The molecule has 2 aromatic carbocycles. The van der Waals surface area contributed by atoms with Gasteiger partial charge in [0.05, 0.1) is 16.4 Å². The minimum Gasteiger partial charge on any atom is -0.378 e. The van der Waals surface area contributed by atoms with E-state index in [2.05, 4.69) is 16.0 Å². The molecule has 0 aromatic heterocycles. The van der Waals surface area contributed by atoms with Crippen molar-refractivity contribution in [3.63, 3.8) is 0 Å². The molecule has 154 valence electrons. The summed E-state index contributed by atoms with van der Waals surface area (Å²) in [6.45, 7) is 4.60. The van der Waals surface area contributed by atoms with Crippen LogP contribution in [0.15, 0.2) is 42.5 Å². The number of thioether (sulfide) groups is 1. The van der Waals surface area contributed by atoms with Crippen LogP contribution in [0.5, 0.6) is 0 Å². The fourth-order valence-corrected chi connectivity index (χ4v) is 3.26. The number of benzene rings is 2. The second-order valence-electron chi connectivity index (χ2n) is 6.41. The molecule has 9 heteroatoms. The van der Waals surface area contributed by atoms with Gasteiger partial charge in [-0.15, -0.1) is 11.8 Å². The highest BCUT2D eigenvalue weighted by molar-refractivity contribution is 8.00. The summed E-state index contributed by atoms with van der Waals surface area (Å²) in [5.74, 6) is -0.0208. The molecule has 8 nitrogen and oxygen atoms in total. The van der Waals surface area contributed by atoms with Gasteiger partial charge in [-0.25, -0.2) is 0 Å². The monoisotopic (exact) mass is 416 g/mol. The lowest BCUT2D eigenvalue weighted by Gasteiger charge is -2.10. The van der Waals surface area contributed by atoms with Crippen molar-refractivity contribution in [1.82, 2.24) is 5.32 Å². The van der Waals surface area contributed by atoms with Crippen LogP contribution < -0.4 is 16.0 Å². The third-order valence-electron chi connectivity index (χ3n) is 3.99. The molecule has 2 aromatic rings. The van der Waals surface area contributed by atoms with E-state index in [1.807, 2.05) is 32.0 Å². The summed E-state index contributed by atoms with van der Waals surface area (Å²) >= 11 is 1.22. The topological polar surface area (TPSA) is 113 Å². The molecule has 2 amide bonds. The van der Waals surface area contributed by atoms with E-state index in [1.165, 1.54) is 17.8 Å². The summed E-state index contributed by atoms with van der Waals surface area (Å²) in [6, 6.07) is 12.1. The zero-order valence-electron chi connectivity index (χ0n) is 16.4. The smallest absolute Gasteiger partial charge is 0.292 e. The van der Waals surface area contributed by atoms with Gasteiger partial charge in [0.25, 0.3) is 5.69 Å². The second-order valence-corrected chi connectivity index (χ2v) is 7.40. The Balaban J connectivity index is 1.63. The van der Waals surface area contributed by atoms with Gasteiger partial charge < -0.3 is 16.0 Å². The molecule has 0 fully saturated rings. The van der Waals surface area contributed by atoms with E-state index < -0.39 is 4.92 Å². The first-order chi connectivity index (χ1) is 13.9. The first-order valence-electron chi connectivity index (χ1n) is 9.05. The van der Waals surface area contributed by atoms with Gasteiger partial charge in [0.2, 0.25) is 11.8 Å². The van der Waals surface area contributed by atoms with Gasteiger partial charge in [-0.1, -0.05) is 29.8 Å². The Morgan fingerprint density at radius 2 is 1.72 bits per heavy atom. The highest BCUT2D eigenvalue weighted by Crippen LogP contribution is 2.22. The number of aryl methyl sites for hydroxylation is 2. The highest BCUT2D eigenvalue weighted by Gasteiger charge is 2.11. The van der Waals surface area contributed by atoms with Gasteiger partial charge in [0.15, 0.2) is 0 Å². The number of nitrogens with one attached hydrogen (secondary N) is 3. The molecule has 2 rings (SSSR count). The molecule has 0 bridgehead atoms. The summed E-state index contributed by atoms with van der Waals surface area (Å²) in [7, 11) is 0. The number of para-hydroxylation sites is 2. The Morgan fingerprint density at radius 1 is 1.00 bits per heavy atom. The summed E-state index contributed by atoms with van der Waals surface area (Å²) < 4.78 is 0. The molecule has 0 aliphatic heterocycles. The normalized spacial score (nSPS) is 10.3. The van der Waals surface area contributed by atoms with Crippen molar-refractivity contribution in [1.29, 1.82) is 0 Å². The average Bonchev–Trinajstić information content (AvgIpc) is 2.67. The van der Waals surface area contributed by atoms with E-state index in [9.17, 15) is 19.7 Å². The van der Waals surface area contributed by atoms with Crippen molar-refractivity contribution in [2.45, 2.75) is 13.8 Å². The molecule has 0 aliphatic carbocycles. The van der Waals surface area contributed by atoms with E-state index in [1.54, 1.807) is 18.2 Å². The van der Waals surface area contributed by atoms with Crippen molar-refractivity contribution >= 4 is 40.6 Å². The first kappa shape index (κ1) is 22.2. The molecular weight excluding hydrogens is 392 g/mol. The van der Waals surface area contributed by atoms with Crippen molar-refractivity contribution in [3.05, 3.63) is 63.7 Å². The molecule has 0 radical (unpaired) electrons. The lowest BCUT2D eigenvalue weighted by Crippen LogP contribution is -2.30. The van der Waals surface area contributed by atoms with Crippen molar-refractivity contribution < 1.29 is 14.5 Å². The summed E-state index contributed by atoms with van der Waals surface area (Å²) in [5, 5.41) is 19.4. The van der Waals surface area contributed by atoms with Crippen molar-refractivity contribution in [2.24, 2.45) is 0 Å². The summed E-state index contributed by atoms with van der Waals surface area (Å²) in [4.78, 5) is 34.4. The number of carbonyl (C=O) groups is 2. The zero-order valence-corrected chi connectivity index (χ0v) is 17.2. The summed E-state index contributed by atoms with van der Waals surface area (Å²) in [6.07, 6.45) is 0. The molecule has 3 N–H and O–H groups in total. The molecule has 0 atom stereocenters. The van der Waals surface area contributed by atoms with Crippen molar-refractivity contribution in [3.8, 4) is 0 Å². The van der Waals surface area contributed by atoms with E-state index in [-0.39, 0.29) is 29.0 Å². The minimum absolute atomic E-state index is 0.00999. The molecule has 29 heavy (non-hydrogen) atoms. The van der Waals surface area contributed by atoms with E-state index >= 15 is 0 Å². The third-order valence-corrected chi connectivity index (χ3v) is 4.92. The van der Waals surface area contributed by atoms with Crippen molar-refractivity contribution in [2.75, 3.05) is 35.2 Å². The Labute approximate surface area is 173 Å². The lowest BCUT2D eigenvalue weighted by atomic mass is 10.1. The molecule has 0 saturated carbocycles. The standard InChI is InChI=1S/C20H24N4O4S/c1-14-7-8-16(15(2)11-14)23-20(26)13-29-12-19(25)22-10-9-21-17-5-3-4-6-18(17)24(27)28/h3-8,11,21H,9-10,12-13H2,1-2H3,(H,22,25)(H,23,26). The molecule has 0 saturated heterocycles. The Morgan fingerprint density at radius 3 is 2.45 bits per heavy atom. The first-order valence-corrected chi connectivity index (χ1v) is 10.2. The number of nitro benzene ring substituents is 1. The SMILES string of the molecule is Cc1ccc(NC(=O)CSCC(=O)NCCNc2ccccc2[N+](=O)[O-])c(C)c1. The fourth-order valence-electron chi connectivity index (χ4n) is 2.61. The van der Waals surface area contributed by atoms with Crippen LogP contribution in [0.2, 0.25) is 0 Å². The Bertz CT molecular complexity index is 889. The predicted molar refractivity (Wildman–Crippen MR) is 116 cm³/mol. The van der Waals surface area contributed by atoms with Crippen LogP contribution in [0.1, 0.15) is 11.1 Å². The maximum Gasteiger partial charge on any atom is 0.292 e. The number of amides is 2. The molecular formula is C20H24N4O4S. The van der Waals surface area contributed by atoms with Crippen LogP contribution in [0.25, 0.3) is 0 Å². The molecule has 0 aliphatic rings. The number of hydrogen-bond donors (Lipinski definition) is 3. The average molecular weight is 417 g/mol. The van der Waals surface area contributed by atoms with Gasteiger partial charge in [-0.3, -0.25) is 19.7 Å². The minimum atomic E-state index is -0.458. The predicted octanol–water partition coefficient (Wildman–Crippen LogP) is 3.11. The Hall–Kier alpha value is -3.07.